The van der Waals surface area contributed by atoms with Crippen LogP contribution in [0.3, 0.4) is 0 Å². The fraction of sp³-hybridized carbons (Fsp3) is 0.500. The fourth-order valence-electron chi connectivity index (χ4n) is 3.27. The molecule has 7 heteroatoms. The van der Waals surface area contributed by atoms with Gasteiger partial charge in [0.05, 0.1) is 11.0 Å². The van der Waals surface area contributed by atoms with E-state index in [1.807, 2.05) is 0 Å². The highest BCUT2D eigenvalue weighted by Gasteiger charge is 2.42. The molecule has 0 spiro atoms. The smallest absolute Gasteiger partial charge is 0.255 e. The standard InChI is InChI=1S/C18H25N3O4/c1-21(2)17(24)18(9-5-6-10-18)12-20-16(23)13-7-3-4-8-14(13)25-11-15(19)22/h3-4,7-8H,5-6,9-12H2,1-2H3,(H2,19,22)(H,20,23). The summed E-state index contributed by atoms with van der Waals surface area (Å²) in [4.78, 5) is 37.6. The van der Waals surface area contributed by atoms with Gasteiger partial charge in [0.25, 0.3) is 11.8 Å². The second-order valence-electron chi connectivity index (χ2n) is 6.62. The molecule has 25 heavy (non-hydrogen) atoms. The number of para-hydroxylation sites is 1. The van der Waals surface area contributed by atoms with Gasteiger partial charge >= 0.3 is 0 Å². The molecule has 7 nitrogen and oxygen atoms in total. The van der Waals surface area contributed by atoms with Gasteiger partial charge in [0.15, 0.2) is 6.61 Å². The van der Waals surface area contributed by atoms with E-state index in [4.69, 9.17) is 10.5 Å². The lowest BCUT2D eigenvalue weighted by atomic mass is 9.84. The molecule has 1 fully saturated rings. The van der Waals surface area contributed by atoms with Crippen LogP contribution < -0.4 is 15.8 Å². The van der Waals surface area contributed by atoms with Crippen molar-refractivity contribution >= 4 is 17.7 Å². The van der Waals surface area contributed by atoms with E-state index in [9.17, 15) is 14.4 Å². The number of carbonyl (C=O) groups excluding carboxylic acids is 3. The van der Waals surface area contributed by atoms with Gasteiger partial charge in [0.1, 0.15) is 5.75 Å². The van der Waals surface area contributed by atoms with Gasteiger partial charge in [0, 0.05) is 20.6 Å². The van der Waals surface area contributed by atoms with Crippen molar-refractivity contribution in [3.63, 3.8) is 0 Å². The van der Waals surface area contributed by atoms with Crippen molar-refractivity contribution in [1.29, 1.82) is 0 Å². The van der Waals surface area contributed by atoms with E-state index in [1.165, 1.54) is 0 Å². The predicted molar refractivity (Wildman–Crippen MR) is 93.1 cm³/mol. The SMILES string of the molecule is CN(C)C(=O)C1(CNC(=O)c2ccccc2OCC(N)=O)CCCC1. The molecule has 0 aliphatic heterocycles. The number of amides is 3. The van der Waals surface area contributed by atoms with Crippen molar-refractivity contribution in [3.8, 4) is 5.75 Å². The van der Waals surface area contributed by atoms with Gasteiger partial charge in [-0.25, -0.2) is 0 Å². The largest absolute Gasteiger partial charge is 0.483 e. The summed E-state index contributed by atoms with van der Waals surface area (Å²) in [5.41, 5.74) is 4.85. The minimum atomic E-state index is -0.614. The van der Waals surface area contributed by atoms with Crippen LogP contribution in [0.5, 0.6) is 5.75 Å². The molecule has 1 aromatic carbocycles. The quantitative estimate of drug-likeness (QED) is 0.766. The second kappa shape index (κ2) is 8.00. The number of nitrogens with zero attached hydrogens (tertiary/aromatic N) is 1. The molecule has 0 saturated heterocycles. The number of benzene rings is 1. The topological polar surface area (TPSA) is 102 Å². The highest BCUT2D eigenvalue weighted by Crippen LogP contribution is 2.39. The summed E-state index contributed by atoms with van der Waals surface area (Å²) in [6.45, 7) is -0.0135. The average molecular weight is 347 g/mol. The fourth-order valence-corrected chi connectivity index (χ4v) is 3.27. The number of ether oxygens (including phenoxy) is 1. The lowest BCUT2D eigenvalue weighted by Crippen LogP contribution is -2.46. The summed E-state index contributed by atoms with van der Waals surface area (Å²) in [7, 11) is 3.47. The molecule has 1 aromatic rings. The third-order valence-electron chi connectivity index (χ3n) is 4.51. The van der Waals surface area contributed by atoms with Crippen molar-refractivity contribution in [2.45, 2.75) is 25.7 Å². The predicted octanol–water partition coefficient (Wildman–Crippen LogP) is 0.929. The Bertz CT molecular complexity index is 651. The molecule has 0 radical (unpaired) electrons. The number of primary amides is 1. The normalized spacial score (nSPS) is 15.4. The van der Waals surface area contributed by atoms with Crippen LogP contribution in [0.4, 0.5) is 0 Å². The van der Waals surface area contributed by atoms with Gasteiger partial charge in [-0.15, -0.1) is 0 Å². The molecule has 1 saturated carbocycles. The second-order valence-corrected chi connectivity index (χ2v) is 6.62. The van der Waals surface area contributed by atoms with Crippen LogP contribution in [0, 0.1) is 5.41 Å². The number of rotatable bonds is 7. The molecule has 3 amide bonds. The molecule has 0 aromatic heterocycles. The summed E-state index contributed by atoms with van der Waals surface area (Å²) >= 11 is 0. The van der Waals surface area contributed by atoms with Crippen LogP contribution in [-0.2, 0) is 9.59 Å². The lowest BCUT2D eigenvalue weighted by Gasteiger charge is -2.30. The molecule has 3 N–H and O–H groups in total. The molecular weight excluding hydrogens is 322 g/mol. The van der Waals surface area contributed by atoms with E-state index >= 15 is 0 Å². The monoisotopic (exact) mass is 347 g/mol. The Morgan fingerprint density at radius 3 is 2.44 bits per heavy atom. The van der Waals surface area contributed by atoms with Crippen molar-refractivity contribution < 1.29 is 19.1 Å². The highest BCUT2D eigenvalue weighted by molar-refractivity contribution is 5.97. The third-order valence-corrected chi connectivity index (χ3v) is 4.51. The molecule has 0 bridgehead atoms. The summed E-state index contributed by atoms with van der Waals surface area (Å²) in [6.07, 6.45) is 3.50. The molecule has 0 atom stereocenters. The Balaban J connectivity index is 2.09. The first-order valence-corrected chi connectivity index (χ1v) is 8.36. The van der Waals surface area contributed by atoms with Crippen LogP contribution in [-0.4, -0.2) is 49.9 Å². The van der Waals surface area contributed by atoms with E-state index in [0.717, 1.165) is 25.7 Å². The number of nitrogens with one attached hydrogen (secondary N) is 1. The van der Waals surface area contributed by atoms with Crippen LogP contribution in [0.2, 0.25) is 0 Å². The summed E-state index contributed by atoms with van der Waals surface area (Å²) in [5, 5.41) is 2.86. The molecular formula is C18H25N3O4. The first-order chi connectivity index (χ1) is 11.9. The Labute approximate surface area is 147 Å². The van der Waals surface area contributed by atoms with Crippen LogP contribution in [0.1, 0.15) is 36.0 Å². The summed E-state index contributed by atoms with van der Waals surface area (Å²) in [5.74, 6) is -0.614. The maximum atomic E-state index is 12.6. The highest BCUT2D eigenvalue weighted by atomic mass is 16.5. The van der Waals surface area contributed by atoms with Crippen molar-refractivity contribution in [2.24, 2.45) is 11.1 Å². The van der Waals surface area contributed by atoms with E-state index in [-0.39, 0.29) is 25.0 Å². The van der Waals surface area contributed by atoms with Crippen molar-refractivity contribution in [3.05, 3.63) is 29.8 Å². The van der Waals surface area contributed by atoms with Crippen LogP contribution in [0.25, 0.3) is 0 Å². The summed E-state index contributed by atoms with van der Waals surface area (Å²) in [6, 6.07) is 6.64. The zero-order chi connectivity index (χ0) is 18.4. The van der Waals surface area contributed by atoms with Gasteiger partial charge in [-0.3, -0.25) is 14.4 Å². The molecule has 0 heterocycles. The molecule has 136 valence electrons. The van der Waals surface area contributed by atoms with Gasteiger partial charge in [-0.05, 0) is 25.0 Å². The van der Waals surface area contributed by atoms with Gasteiger partial charge in [-0.1, -0.05) is 25.0 Å². The van der Waals surface area contributed by atoms with Crippen LogP contribution in [0.15, 0.2) is 24.3 Å². The van der Waals surface area contributed by atoms with Gasteiger partial charge in [0.2, 0.25) is 5.91 Å². The van der Waals surface area contributed by atoms with Crippen molar-refractivity contribution in [2.75, 3.05) is 27.2 Å². The third kappa shape index (κ3) is 4.49. The molecule has 0 unspecified atom stereocenters. The molecule has 1 aliphatic carbocycles. The van der Waals surface area contributed by atoms with E-state index in [2.05, 4.69) is 5.32 Å². The van der Waals surface area contributed by atoms with Crippen molar-refractivity contribution in [1.82, 2.24) is 10.2 Å². The first kappa shape index (κ1) is 18.8. The van der Waals surface area contributed by atoms with E-state index < -0.39 is 11.3 Å². The minimum absolute atomic E-state index is 0.0450. The Morgan fingerprint density at radius 2 is 1.84 bits per heavy atom. The Hall–Kier alpha value is -2.57. The number of nitrogens with two attached hydrogens (primary N) is 1. The zero-order valence-corrected chi connectivity index (χ0v) is 14.7. The lowest BCUT2D eigenvalue weighted by molar-refractivity contribution is -0.138. The van der Waals surface area contributed by atoms with Gasteiger partial charge in [-0.2, -0.15) is 0 Å². The molecule has 2 rings (SSSR count). The number of hydrogen-bond donors (Lipinski definition) is 2. The number of hydrogen-bond acceptors (Lipinski definition) is 4. The number of carbonyl (C=O) groups is 3. The van der Waals surface area contributed by atoms with E-state index in [1.54, 1.807) is 43.3 Å². The maximum absolute atomic E-state index is 12.6. The maximum Gasteiger partial charge on any atom is 0.255 e. The summed E-state index contributed by atoms with van der Waals surface area (Å²) < 4.78 is 5.29. The average Bonchev–Trinajstić information content (AvgIpc) is 3.07. The Morgan fingerprint density at radius 1 is 1.20 bits per heavy atom. The first-order valence-electron chi connectivity index (χ1n) is 8.36. The van der Waals surface area contributed by atoms with E-state index in [0.29, 0.717) is 11.3 Å². The minimum Gasteiger partial charge on any atom is -0.483 e. The Kier molecular flexibility index (Phi) is 6.01. The zero-order valence-electron chi connectivity index (χ0n) is 14.7. The van der Waals surface area contributed by atoms with Gasteiger partial charge < -0.3 is 20.7 Å². The van der Waals surface area contributed by atoms with Crippen LogP contribution >= 0.6 is 0 Å². The molecule has 1 aliphatic rings.